The molecule has 1 aromatic carbocycles. The standard InChI is InChI=1S/C13H16N2/c1-2-15-9-8-14-13(11-15)10-12-6-4-3-5-7-12/h3-8,11H,2,9-10H2,1H3. The third-order valence-electron chi connectivity index (χ3n) is 2.54. The smallest absolute Gasteiger partial charge is 0.0602 e. The van der Waals surface area contributed by atoms with E-state index in [1.807, 2.05) is 12.3 Å². The van der Waals surface area contributed by atoms with Crippen LogP contribution in [0.2, 0.25) is 0 Å². The van der Waals surface area contributed by atoms with Crippen molar-refractivity contribution < 1.29 is 0 Å². The van der Waals surface area contributed by atoms with Crippen LogP contribution < -0.4 is 0 Å². The summed E-state index contributed by atoms with van der Waals surface area (Å²) in [5.74, 6) is 0. The second-order valence-corrected chi connectivity index (χ2v) is 3.68. The summed E-state index contributed by atoms with van der Waals surface area (Å²) in [7, 11) is 0. The second kappa shape index (κ2) is 4.78. The Morgan fingerprint density at radius 3 is 2.80 bits per heavy atom. The van der Waals surface area contributed by atoms with Crippen molar-refractivity contribution in [3.8, 4) is 0 Å². The molecular weight excluding hydrogens is 184 g/mol. The fourth-order valence-electron chi connectivity index (χ4n) is 1.68. The molecule has 2 rings (SSSR count). The maximum Gasteiger partial charge on any atom is 0.0602 e. The molecule has 0 aliphatic carbocycles. The summed E-state index contributed by atoms with van der Waals surface area (Å²) in [5, 5.41) is 0. The molecule has 1 aliphatic heterocycles. The molecule has 0 saturated heterocycles. The van der Waals surface area contributed by atoms with Crippen molar-refractivity contribution >= 4 is 6.21 Å². The summed E-state index contributed by atoms with van der Waals surface area (Å²) >= 11 is 0. The van der Waals surface area contributed by atoms with Crippen LogP contribution in [0.25, 0.3) is 0 Å². The molecule has 0 radical (unpaired) electrons. The average Bonchev–Trinajstić information content (AvgIpc) is 2.31. The fourth-order valence-corrected chi connectivity index (χ4v) is 1.68. The predicted octanol–water partition coefficient (Wildman–Crippen LogP) is 2.48. The summed E-state index contributed by atoms with van der Waals surface area (Å²) in [6, 6.07) is 10.5. The molecule has 1 aliphatic rings. The van der Waals surface area contributed by atoms with Gasteiger partial charge in [0.1, 0.15) is 0 Å². The van der Waals surface area contributed by atoms with Gasteiger partial charge in [0.15, 0.2) is 0 Å². The van der Waals surface area contributed by atoms with Crippen molar-refractivity contribution in [1.29, 1.82) is 0 Å². The molecule has 2 heteroatoms. The SMILES string of the molecule is CCN1C=C(Cc2ccccc2)N=CC1. The van der Waals surface area contributed by atoms with Crippen molar-refractivity contribution in [2.45, 2.75) is 13.3 Å². The lowest BCUT2D eigenvalue weighted by Crippen LogP contribution is -2.22. The highest BCUT2D eigenvalue weighted by Crippen LogP contribution is 2.12. The maximum atomic E-state index is 4.42. The number of allylic oxidation sites excluding steroid dienone is 1. The Morgan fingerprint density at radius 2 is 2.07 bits per heavy atom. The zero-order valence-corrected chi connectivity index (χ0v) is 9.06. The van der Waals surface area contributed by atoms with Gasteiger partial charge in [-0.25, -0.2) is 0 Å². The molecule has 0 atom stereocenters. The molecular formula is C13H16N2. The summed E-state index contributed by atoms with van der Waals surface area (Å²) in [6.07, 6.45) is 5.07. The highest BCUT2D eigenvalue weighted by Gasteiger charge is 2.04. The minimum atomic E-state index is 0.924. The number of rotatable bonds is 3. The Bertz CT molecular complexity index is 365. The summed E-state index contributed by atoms with van der Waals surface area (Å²) < 4.78 is 0. The van der Waals surface area contributed by atoms with Gasteiger partial charge in [-0.1, -0.05) is 30.3 Å². The molecule has 0 amide bonds. The van der Waals surface area contributed by atoms with Crippen molar-refractivity contribution in [2.75, 3.05) is 13.1 Å². The van der Waals surface area contributed by atoms with Gasteiger partial charge in [-0.05, 0) is 12.5 Å². The first-order chi connectivity index (χ1) is 7.38. The fraction of sp³-hybridized carbons (Fsp3) is 0.308. The minimum Gasteiger partial charge on any atom is -0.371 e. The van der Waals surface area contributed by atoms with Crippen LogP contribution in [0.4, 0.5) is 0 Å². The lowest BCUT2D eigenvalue weighted by molar-refractivity contribution is 0.444. The minimum absolute atomic E-state index is 0.924. The van der Waals surface area contributed by atoms with E-state index < -0.39 is 0 Å². The topological polar surface area (TPSA) is 15.6 Å². The van der Waals surface area contributed by atoms with Gasteiger partial charge in [0.25, 0.3) is 0 Å². The highest BCUT2D eigenvalue weighted by molar-refractivity contribution is 5.63. The summed E-state index contributed by atoms with van der Waals surface area (Å²) in [6.45, 7) is 4.15. The van der Waals surface area contributed by atoms with E-state index >= 15 is 0 Å². The molecule has 0 bridgehead atoms. The van der Waals surface area contributed by atoms with E-state index in [1.165, 1.54) is 5.56 Å². The van der Waals surface area contributed by atoms with Crippen LogP contribution in [0, 0.1) is 0 Å². The van der Waals surface area contributed by atoms with Gasteiger partial charge in [0, 0.05) is 25.4 Å². The molecule has 0 spiro atoms. The van der Waals surface area contributed by atoms with Crippen LogP contribution in [0.5, 0.6) is 0 Å². The zero-order chi connectivity index (χ0) is 10.5. The Labute approximate surface area is 90.9 Å². The van der Waals surface area contributed by atoms with Crippen LogP contribution in [-0.4, -0.2) is 24.2 Å². The third kappa shape index (κ3) is 2.69. The molecule has 0 saturated carbocycles. The quantitative estimate of drug-likeness (QED) is 0.732. The number of benzene rings is 1. The molecule has 2 nitrogen and oxygen atoms in total. The van der Waals surface area contributed by atoms with Gasteiger partial charge in [0.2, 0.25) is 0 Å². The lowest BCUT2D eigenvalue weighted by atomic mass is 10.1. The highest BCUT2D eigenvalue weighted by atomic mass is 15.1. The number of hydrogen-bond donors (Lipinski definition) is 0. The first-order valence-corrected chi connectivity index (χ1v) is 5.39. The average molecular weight is 200 g/mol. The van der Waals surface area contributed by atoms with Gasteiger partial charge >= 0.3 is 0 Å². The summed E-state index contributed by atoms with van der Waals surface area (Å²) in [5.41, 5.74) is 2.47. The van der Waals surface area contributed by atoms with E-state index in [4.69, 9.17) is 0 Å². The molecule has 15 heavy (non-hydrogen) atoms. The van der Waals surface area contributed by atoms with Gasteiger partial charge in [-0.15, -0.1) is 0 Å². The molecule has 1 heterocycles. The monoisotopic (exact) mass is 200 g/mol. The van der Waals surface area contributed by atoms with E-state index in [2.05, 4.69) is 47.3 Å². The van der Waals surface area contributed by atoms with Crippen molar-refractivity contribution in [3.63, 3.8) is 0 Å². The van der Waals surface area contributed by atoms with E-state index in [9.17, 15) is 0 Å². The first kappa shape index (κ1) is 9.97. The van der Waals surface area contributed by atoms with Crippen LogP contribution >= 0.6 is 0 Å². The van der Waals surface area contributed by atoms with Crippen LogP contribution in [-0.2, 0) is 6.42 Å². The Hall–Kier alpha value is -1.57. The largest absolute Gasteiger partial charge is 0.371 e. The van der Waals surface area contributed by atoms with Gasteiger partial charge in [-0.3, -0.25) is 4.99 Å². The van der Waals surface area contributed by atoms with E-state index in [1.54, 1.807) is 0 Å². The van der Waals surface area contributed by atoms with Crippen LogP contribution in [0.15, 0.2) is 47.2 Å². The Morgan fingerprint density at radius 1 is 1.27 bits per heavy atom. The molecule has 78 valence electrons. The van der Waals surface area contributed by atoms with E-state index in [-0.39, 0.29) is 0 Å². The van der Waals surface area contributed by atoms with E-state index in [0.29, 0.717) is 0 Å². The number of aliphatic imine (C=N–C) groups is 1. The second-order valence-electron chi connectivity index (χ2n) is 3.68. The van der Waals surface area contributed by atoms with Crippen molar-refractivity contribution in [3.05, 3.63) is 47.8 Å². The number of hydrogen-bond acceptors (Lipinski definition) is 2. The molecule has 0 N–H and O–H groups in total. The third-order valence-corrected chi connectivity index (χ3v) is 2.54. The molecule has 1 aromatic rings. The maximum absolute atomic E-state index is 4.42. The van der Waals surface area contributed by atoms with Gasteiger partial charge in [-0.2, -0.15) is 0 Å². The van der Waals surface area contributed by atoms with Crippen LogP contribution in [0.3, 0.4) is 0 Å². The van der Waals surface area contributed by atoms with Gasteiger partial charge in [0.05, 0.1) is 12.2 Å². The number of nitrogens with zero attached hydrogens (tertiary/aromatic N) is 2. The normalized spacial score (nSPS) is 15.3. The first-order valence-electron chi connectivity index (χ1n) is 5.39. The Balaban J connectivity index is 2.06. The molecule has 0 aromatic heterocycles. The van der Waals surface area contributed by atoms with Crippen LogP contribution in [0.1, 0.15) is 12.5 Å². The van der Waals surface area contributed by atoms with Gasteiger partial charge < -0.3 is 4.90 Å². The summed E-state index contributed by atoms with van der Waals surface area (Å²) in [4.78, 5) is 6.69. The lowest BCUT2D eigenvalue weighted by Gasteiger charge is -2.20. The van der Waals surface area contributed by atoms with Crippen molar-refractivity contribution in [1.82, 2.24) is 4.90 Å². The molecule has 0 fully saturated rings. The predicted molar refractivity (Wildman–Crippen MR) is 64.0 cm³/mol. The molecule has 0 unspecified atom stereocenters. The van der Waals surface area contributed by atoms with E-state index in [0.717, 1.165) is 25.2 Å². The zero-order valence-electron chi connectivity index (χ0n) is 9.06. The Kier molecular flexibility index (Phi) is 3.18. The van der Waals surface area contributed by atoms with Crippen molar-refractivity contribution in [2.24, 2.45) is 4.99 Å².